The van der Waals surface area contributed by atoms with Crippen molar-refractivity contribution in [1.29, 1.82) is 0 Å². The Morgan fingerprint density at radius 2 is 1.95 bits per heavy atom. The Bertz CT molecular complexity index is 700. The molecule has 6 heteroatoms. The van der Waals surface area contributed by atoms with Crippen LogP contribution in [0, 0.1) is 6.92 Å². The smallest absolute Gasteiger partial charge is 0.265 e. The number of nitrogens with zero attached hydrogens (tertiary/aromatic N) is 2. The number of sulfonamides is 1. The molecule has 0 N–H and O–H groups in total. The number of pyridine rings is 1. The zero-order valence-electron chi connectivity index (χ0n) is 11.6. The molecule has 1 heterocycles. The Morgan fingerprint density at radius 1 is 1.20 bits per heavy atom. The zero-order chi connectivity index (χ0) is 14.8. The molecule has 5 nitrogen and oxygen atoms in total. The molecule has 0 fully saturated rings. The van der Waals surface area contributed by atoms with Crippen molar-refractivity contribution >= 4 is 15.8 Å². The van der Waals surface area contributed by atoms with E-state index in [1.165, 1.54) is 11.4 Å². The Balaban J connectivity index is 2.45. The third kappa shape index (κ3) is 2.60. The maximum absolute atomic E-state index is 12.6. The molecule has 0 aliphatic heterocycles. The van der Waals surface area contributed by atoms with Crippen molar-refractivity contribution in [2.45, 2.75) is 11.8 Å². The van der Waals surface area contributed by atoms with Crippen LogP contribution in [0.3, 0.4) is 0 Å². The molecular weight excluding hydrogens is 276 g/mol. The highest BCUT2D eigenvalue weighted by Crippen LogP contribution is 2.25. The lowest BCUT2D eigenvalue weighted by atomic mass is 10.2. The first-order chi connectivity index (χ1) is 9.46. The topological polar surface area (TPSA) is 59.5 Å². The van der Waals surface area contributed by atoms with Gasteiger partial charge >= 0.3 is 0 Å². The number of benzene rings is 1. The van der Waals surface area contributed by atoms with Crippen molar-refractivity contribution in [2.75, 3.05) is 18.5 Å². The summed E-state index contributed by atoms with van der Waals surface area (Å²) in [6, 6.07) is 10.0. The molecule has 106 valence electrons. The minimum Gasteiger partial charge on any atom is -0.497 e. The van der Waals surface area contributed by atoms with Crippen LogP contribution in [-0.2, 0) is 10.0 Å². The van der Waals surface area contributed by atoms with Crippen LogP contribution in [0.2, 0.25) is 0 Å². The van der Waals surface area contributed by atoms with E-state index in [4.69, 9.17) is 4.74 Å². The van der Waals surface area contributed by atoms with Crippen molar-refractivity contribution < 1.29 is 13.2 Å². The SMILES string of the molecule is COc1ccc(S(=O)(=O)N(C)c2ccccn2)c(C)c1. The molecule has 20 heavy (non-hydrogen) atoms. The zero-order valence-corrected chi connectivity index (χ0v) is 12.4. The second kappa shape index (κ2) is 5.50. The summed E-state index contributed by atoms with van der Waals surface area (Å²) in [6.07, 6.45) is 1.56. The van der Waals surface area contributed by atoms with Gasteiger partial charge in [-0.05, 0) is 42.8 Å². The van der Waals surface area contributed by atoms with E-state index in [0.29, 0.717) is 17.1 Å². The van der Waals surface area contributed by atoms with Crippen molar-refractivity contribution in [2.24, 2.45) is 0 Å². The van der Waals surface area contributed by atoms with Gasteiger partial charge in [0.15, 0.2) is 0 Å². The Kier molecular flexibility index (Phi) is 3.94. The van der Waals surface area contributed by atoms with Crippen LogP contribution in [0.25, 0.3) is 0 Å². The van der Waals surface area contributed by atoms with Crippen molar-refractivity contribution in [3.05, 3.63) is 48.2 Å². The van der Waals surface area contributed by atoms with E-state index in [1.807, 2.05) is 0 Å². The summed E-state index contributed by atoms with van der Waals surface area (Å²) in [6.45, 7) is 1.74. The van der Waals surface area contributed by atoms with Gasteiger partial charge < -0.3 is 4.74 Å². The molecule has 2 rings (SSSR count). The van der Waals surface area contributed by atoms with Gasteiger partial charge in [-0.1, -0.05) is 6.07 Å². The molecule has 0 saturated carbocycles. The molecule has 0 amide bonds. The number of hydrogen-bond acceptors (Lipinski definition) is 4. The van der Waals surface area contributed by atoms with Crippen molar-refractivity contribution in [3.8, 4) is 5.75 Å². The number of hydrogen-bond donors (Lipinski definition) is 0. The summed E-state index contributed by atoms with van der Waals surface area (Å²) in [4.78, 5) is 4.30. The van der Waals surface area contributed by atoms with Gasteiger partial charge in [0.2, 0.25) is 0 Å². The number of methoxy groups -OCH3 is 1. The fourth-order valence-corrected chi connectivity index (χ4v) is 3.20. The average Bonchev–Trinajstić information content (AvgIpc) is 2.46. The first-order valence-corrected chi connectivity index (χ1v) is 7.45. The van der Waals surface area contributed by atoms with Crippen LogP contribution in [0.5, 0.6) is 5.75 Å². The van der Waals surface area contributed by atoms with Gasteiger partial charge in [-0.15, -0.1) is 0 Å². The lowest BCUT2D eigenvalue weighted by molar-refractivity contribution is 0.414. The van der Waals surface area contributed by atoms with Crippen LogP contribution in [-0.4, -0.2) is 27.6 Å². The summed E-state index contributed by atoms with van der Waals surface area (Å²) < 4.78 is 31.5. The van der Waals surface area contributed by atoms with Gasteiger partial charge in [0, 0.05) is 13.2 Å². The largest absolute Gasteiger partial charge is 0.497 e. The summed E-state index contributed by atoms with van der Waals surface area (Å²) >= 11 is 0. The number of anilines is 1. The molecule has 0 spiro atoms. The van der Waals surface area contributed by atoms with Gasteiger partial charge in [0.25, 0.3) is 10.0 Å². The number of rotatable bonds is 4. The van der Waals surface area contributed by atoms with Gasteiger partial charge in [-0.25, -0.2) is 13.4 Å². The number of ether oxygens (including phenoxy) is 1. The van der Waals surface area contributed by atoms with E-state index in [2.05, 4.69) is 4.98 Å². The van der Waals surface area contributed by atoms with Crippen LogP contribution in [0.1, 0.15) is 5.56 Å². The highest BCUT2D eigenvalue weighted by molar-refractivity contribution is 7.92. The molecule has 0 aliphatic carbocycles. The molecule has 0 saturated heterocycles. The predicted molar refractivity (Wildman–Crippen MR) is 77.6 cm³/mol. The highest BCUT2D eigenvalue weighted by Gasteiger charge is 2.24. The molecule has 0 atom stereocenters. The molecule has 0 bridgehead atoms. The van der Waals surface area contributed by atoms with E-state index in [9.17, 15) is 8.42 Å². The highest BCUT2D eigenvalue weighted by atomic mass is 32.2. The summed E-state index contributed by atoms with van der Waals surface area (Å²) in [7, 11) is -0.600. The fourth-order valence-electron chi connectivity index (χ4n) is 1.85. The fraction of sp³-hybridized carbons (Fsp3) is 0.214. The van der Waals surface area contributed by atoms with Crippen LogP contribution >= 0.6 is 0 Å². The lowest BCUT2D eigenvalue weighted by Crippen LogP contribution is -2.27. The molecular formula is C14H16N2O3S. The van der Waals surface area contributed by atoms with Crippen LogP contribution in [0.15, 0.2) is 47.5 Å². The molecule has 0 unspecified atom stereocenters. The Morgan fingerprint density at radius 3 is 2.50 bits per heavy atom. The van der Waals surface area contributed by atoms with Gasteiger partial charge in [-0.3, -0.25) is 4.31 Å². The predicted octanol–water partition coefficient (Wildman–Crippen LogP) is 2.22. The Hall–Kier alpha value is -2.08. The van der Waals surface area contributed by atoms with Gasteiger partial charge in [0.1, 0.15) is 11.6 Å². The minimum absolute atomic E-state index is 0.242. The monoisotopic (exact) mass is 292 g/mol. The second-order valence-corrected chi connectivity index (χ2v) is 6.23. The quantitative estimate of drug-likeness (QED) is 0.867. The number of aromatic nitrogens is 1. The van der Waals surface area contributed by atoms with Crippen LogP contribution < -0.4 is 9.04 Å². The third-order valence-electron chi connectivity index (χ3n) is 2.99. The second-order valence-electron chi connectivity index (χ2n) is 4.29. The lowest BCUT2D eigenvalue weighted by Gasteiger charge is -2.19. The van der Waals surface area contributed by atoms with Gasteiger partial charge in [-0.2, -0.15) is 0 Å². The summed E-state index contributed by atoms with van der Waals surface area (Å²) in [5.74, 6) is 1.00. The molecule has 1 aromatic carbocycles. The first-order valence-electron chi connectivity index (χ1n) is 6.01. The standard InChI is InChI=1S/C14H16N2O3S/c1-11-10-12(19-3)7-8-13(11)20(17,18)16(2)14-6-4-5-9-15-14/h4-10H,1-3H3. The van der Waals surface area contributed by atoms with E-state index in [1.54, 1.807) is 56.6 Å². The first kappa shape index (κ1) is 14.3. The van der Waals surface area contributed by atoms with Crippen molar-refractivity contribution in [1.82, 2.24) is 4.98 Å². The molecule has 0 radical (unpaired) electrons. The normalized spacial score (nSPS) is 11.2. The van der Waals surface area contributed by atoms with Crippen LogP contribution in [0.4, 0.5) is 5.82 Å². The van der Waals surface area contributed by atoms with Crippen molar-refractivity contribution in [3.63, 3.8) is 0 Å². The van der Waals surface area contributed by atoms with E-state index in [-0.39, 0.29) is 4.90 Å². The molecule has 1 aromatic heterocycles. The van der Waals surface area contributed by atoms with E-state index in [0.717, 1.165) is 0 Å². The summed E-state index contributed by atoms with van der Waals surface area (Å²) in [5, 5.41) is 0. The molecule has 2 aromatic rings. The van der Waals surface area contributed by atoms with E-state index < -0.39 is 10.0 Å². The molecule has 0 aliphatic rings. The maximum Gasteiger partial charge on any atom is 0.265 e. The average molecular weight is 292 g/mol. The Labute approximate surface area is 118 Å². The minimum atomic E-state index is -3.63. The maximum atomic E-state index is 12.6. The number of aryl methyl sites for hydroxylation is 1. The van der Waals surface area contributed by atoms with E-state index >= 15 is 0 Å². The summed E-state index contributed by atoms with van der Waals surface area (Å²) in [5.41, 5.74) is 0.632. The third-order valence-corrected chi connectivity index (χ3v) is 4.91. The van der Waals surface area contributed by atoms with Gasteiger partial charge in [0.05, 0.1) is 12.0 Å².